The van der Waals surface area contributed by atoms with E-state index in [1.807, 2.05) is 17.0 Å². The van der Waals surface area contributed by atoms with Crippen LogP contribution in [-0.4, -0.2) is 49.6 Å². The van der Waals surface area contributed by atoms with Gasteiger partial charge in [-0.3, -0.25) is 4.79 Å². The second kappa shape index (κ2) is 8.87. The summed E-state index contributed by atoms with van der Waals surface area (Å²) in [7, 11) is 0. The number of carbonyl (C=O) groups excluding carboxylic acids is 2. The fraction of sp³-hybridized carbons (Fsp3) is 0.364. The molecular weight excluding hydrogens is 359 g/mol. The molecule has 0 bridgehead atoms. The molecule has 0 radical (unpaired) electrons. The van der Waals surface area contributed by atoms with E-state index in [4.69, 9.17) is 4.74 Å². The van der Waals surface area contributed by atoms with Gasteiger partial charge in [0.1, 0.15) is 5.82 Å². The lowest BCUT2D eigenvalue weighted by atomic mass is 10.0. The molecule has 2 aromatic carbocycles. The summed E-state index contributed by atoms with van der Waals surface area (Å²) in [5.74, 6) is -0.622. The number of nitrogens with zero attached hydrogens (tertiary/aromatic N) is 2. The Labute approximate surface area is 164 Å². The van der Waals surface area contributed by atoms with Gasteiger partial charge in [-0.1, -0.05) is 38.1 Å². The number of piperazine rings is 1. The van der Waals surface area contributed by atoms with Crippen LogP contribution in [0.25, 0.3) is 0 Å². The zero-order chi connectivity index (χ0) is 20.1. The van der Waals surface area contributed by atoms with Gasteiger partial charge in [0.05, 0.1) is 11.3 Å². The predicted octanol–water partition coefficient (Wildman–Crippen LogP) is 3.45. The molecule has 0 atom stereocenters. The topological polar surface area (TPSA) is 49.9 Å². The molecule has 2 aromatic rings. The predicted molar refractivity (Wildman–Crippen MR) is 106 cm³/mol. The Bertz CT molecular complexity index is 828. The van der Waals surface area contributed by atoms with Crippen LogP contribution in [0, 0.1) is 5.82 Å². The van der Waals surface area contributed by atoms with Crippen LogP contribution in [0.4, 0.5) is 10.1 Å². The van der Waals surface area contributed by atoms with E-state index in [0.717, 1.165) is 5.56 Å². The molecule has 0 N–H and O–H groups in total. The average molecular weight is 384 g/mol. The Morgan fingerprint density at radius 2 is 1.64 bits per heavy atom. The lowest BCUT2D eigenvalue weighted by molar-refractivity contribution is -0.134. The fourth-order valence-electron chi connectivity index (χ4n) is 3.21. The van der Waals surface area contributed by atoms with Gasteiger partial charge >= 0.3 is 5.97 Å². The van der Waals surface area contributed by atoms with Gasteiger partial charge in [0, 0.05) is 26.2 Å². The Balaban J connectivity index is 1.48. The van der Waals surface area contributed by atoms with Crippen molar-refractivity contribution in [1.82, 2.24) is 4.90 Å². The van der Waals surface area contributed by atoms with Gasteiger partial charge in [0.25, 0.3) is 5.91 Å². The zero-order valence-electron chi connectivity index (χ0n) is 16.2. The highest BCUT2D eigenvalue weighted by atomic mass is 19.1. The van der Waals surface area contributed by atoms with Crippen LogP contribution in [-0.2, 0) is 9.53 Å². The third kappa shape index (κ3) is 4.68. The molecule has 1 aliphatic rings. The van der Waals surface area contributed by atoms with Crippen molar-refractivity contribution in [3.05, 3.63) is 65.5 Å². The average Bonchev–Trinajstić information content (AvgIpc) is 2.72. The molecular formula is C22H25FN2O3. The molecule has 148 valence electrons. The molecule has 1 amide bonds. The molecule has 1 fully saturated rings. The number of para-hydroxylation sites is 1. The van der Waals surface area contributed by atoms with Crippen LogP contribution in [0.3, 0.4) is 0 Å². The van der Waals surface area contributed by atoms with Crippen LogP contribution in [0.1, 0.15) is 35.7 Å². The highest BCUT2D eigenvalue weighted by Gasteiger charge is 2.23. The summed E-state index contributed by atoms with van der Waals surface area (Å²) in [5.41, 5.74) is 2.12. The van der Waals surface area contributed by atoms with E-state index >= 15 is 0 Å². The smallest absolute Gasteiger partial charge is 0.338 e. The molecule has 0 aliphatic carbocycles. The minimum atomic E-state index is -0.506. The fourth-order valence-corrected chi connectivity index (χ4v) is 3.21. The third-order valence-corrected chi connectivity index (χ3v) is 4.97. The van der Waals surface area contributed by atoms with Crippen molar-refractivity contribution in [2.75, 3.05) is 37.7 Å². The van der Waals surface area contributed by atoms with Crippen molar-refractivity contribution in [3.63, 3.8) is 0 Å². The van der Waals surface area contributed by atoms with Crippen molar-refractivity contribution in [2.45, 2.75) is 19.8 Å². The highest BCUT2D eigenvalue weighted by molar-refractivity contribution is 5.91. The third-order valence-electron chi connectivity index (χ3n) is 4.97. The van der Waals surface area contributed by atoms with Crippen LogP contribution in [0.2, 0.25) is 0 Å². The lowest BCUT2D eigenvalue weighted by Gasteiger charge is -2.36. The van der Waals surface area contributed by atoms with E-state index in [0.29, 0.717) is 43.3 Å². The first-order valence-electron chi connectivity index (χ1n) is 9.50. The number of carbonyl (C=O) groups is 2. The Hall–Kier alpha value is -2.89. The van der Waals surface area contributed by atoms with E-state index in [-0.39, 0.29) is 18.3 Å². The minimum Gasteiger partial charge on any atom is -0.452 e. The lowest BCUT2D eigenvalue weighted by Crippen LogP contribution is -2.50. The maximum Gasteiger partial charge on any atom is 0.338 e. The van der Waals surface area contributed by atoms with Gasteiger partial charge < -0.3 is 14.5 Å². The van der Waals surface area contributed by atoms with Crippen LogP contribution in [0.5, 0.6) is 0 Å². The number of ether oxygens (including phenoxy) is 1. The summed E-state index contributed by atoms with van der Waals surface area (Å²) in [6.45, 7) is 5.89. The van der Waals surface area contributed by atoms with E-state index in [1.165, 1.54) is 6.07 Å². The number of rotatable bonds is 5. The molecule has 0 aromatic heterocycles. The van der Waals surface area contributed by atoms with Gasteiger partial charge in [0.15, 0.2) is 6.61 Å². The van der Waals surface area contributed by atoms with Crippen molar-refractivity contribution >= 4 is 17.6 Å². The Kier molecular flexibility index (Phi) is 6.29. The maximum absolute atomic E-state index is 13.9. The van der Waals surface area contributed by atoms with Gasteiger partial charge in [-0.15, -0.1) is 0 Å². The molecule has 6 heteroatoms. The normalized spacial score (nSPS) is 14.3. The van der Waals surface area contributed by atoms with Crippen LogP contribution >= 0.6 is 0 Å². The van der Waals surface area contributed by atoms with Crippen molar-refractivity contribution in [1.29, 1.82) is 0 Å². The molecule has 1 heterocycles. The van der Waals surface area contributed by atoms with Gasteiger partial charge in [-0.25, -0.2) is 9.18 Å². The molecule has 5 nitrogen and oxygen atoms in total. The minimum absolute atomic E-state index is 0.236. The number of esters is 1. The Morgan fingerprint density at radius 3 is 2.25 bits per heavy atom. The summed E-state index contributed by atoms with van der Waals surface area (Å²) < 4.78 is 19.1. The summed E-state index contributed by atoms with van der Waals surface area (Å²) in [4.78, 5) is 28.1. The molecule has 0 spiro atoms. The summed E-state index contributed by atoms with van der Waals surface area (Å²) >= 11 is 0. The number of benzene rings is 2. The highest BCUT2D eigenvalue weighted by Crippen LogP contribution is 2.20. The van der Waals surface area contributed by atoms with E-state index in [9.17, 15) is 14.0 Å². The molecule has 1 saturated heterocycles. The van der Waals surface area contributed by atoms with Crippen molar-refractivity contribution < 1.29 is 18.7 Å². The standard InChI is InChI=1S/C22H25FN2O3/c1-16(2)17-7-9-18(10-8-17)22(27)28-15-21(26)25-13-11-24(12-14-25)20-6-4-3-5-19(20)23/h3-10,16H,11-15H2,1-2H3. The number of hydrogen-bond donors (Lipinski definition) is 0. The maximum atomic E-state index is 13.9. The zero-order valence-corrected chi connectivity index (χ0v) is 16.2. The van der Waals surface area contributed by atoms with Crippen molar-refractivity contribution in [2.24, 2.45) is 0 Å². The second-order valence-corrected chi connectivity index (χ2v) is 7.17. The van der Waals surface area contributed by atoms with E-state index in [2.05, 4.69) is 13.8 Å². The second-order valence-electron chi connectivity index (χ2n) is 7.17. The summed E-state index contributed by atoms with van der Waals surface area (Å²) in [5, 5.41) is 0. The van der Waals surface area contributed by atoms with E-state index in [1.54, 1.807) is 35.2 Å². The van der Waals surface area contributed by atoms with E-state index < -0.39 is 5.97 Å². The SMILES string of the molecule is CC(C)c1ccc(C(=O)OCC(=O)N2CCN(c3ccccc3F)CC2)cc1. The molecule has 0 unspecified atom stereocenters. The van der Waals surface area contributed by atoms with Crippen molar-refractivity contribution in [3.8, 4) is 0 Å². The first-order valence-corrected chi connectivity index (χ1v) is 9.50. The van der Waals surface area contributed by atoms with Crippen LogP contribution < -0.4 is 4.90 Å². The monoisotopic (exact) mass is 384 g/mol. The number of hydrogen-bond acceptors (Lipinski definition) is 4. The molecule has 28 heavy (non-hydrogen) atoms. The van der Waals surface area contributed by atoms with Crippen LogP contribution in [0.15, 0.2) is 48.5 Å². The molecule has 1 aliphatic heterocycles. The number of anilines is 1. The van der Waals surface area contributed by atoms with Gasteiger partial charge in [0.2, 0.25) is 0 Å². The largest absolute Gasteiger partial charge is 0.452 e. The quantitative estimate of drug-likeness (QED) is 0.741. The molecule has 0 saturated carbocycles. The van der Waals surface area contributed by atoms with Gasteiger partial charge in [-0.2, -0.15) is 0 Å². The number of amides is 1. The Morgan fingerprint density at radius 1 is 1.00 bits per heavy atom. The summed E-state index contributed by atoms with van der Waals surface area (Å²) in [6.07, 6.45) is 0. The first-order chi connectivity index (χ1) is 13.5. The van der Waals surface area contributed by atoms with Gasteiger partial charge in [-0.05, 0) is 35.7 Å². The first kappa shape index (κ1) is 19.9. The summed E-state index contributed by atoms with van der Waals surface area (Å²) in [6, 6.07) is 13.8. The number of halogens is 1. The molecule has 3 rings (SSSR count).